The number of halogens is 1. The summed E-state index contributed by atoms with van der Waals surface area (Å²) in [5.74, 6) is -0.507. The highest BCUT2D eigenvalue weighted by Crippen LogP contribution is 2.14. The lowest BCUT2D eigenvalue weighted by Crippen LogP contribution is -2.45. The quantitative estimate of drug-likeness (QED) is 0.781. The minimum absolute atomic E-state index is 0.0779. The molecule has 0 aliphatic heterocycles. The zero-order valence-electron chi connectivity index (χ0n) is 12.6. The number of likely N-dealkylation sites (N-methyl/N-ethyl adjacent to an activating group) is 1. The molecule has 1 aromatic carbocycles. The molecule has 116 valence electrons. The highest BCUT2D eigenvalue weighted by atomic mass is 35.5. The van der Waals surface area contributed by atoms with Crippen molar-refractivity contribution < 1.29 is 14.3 Å². The van der Waals surface area contributed by atoms with E-state index in [9.17, 15) is 9.59 Å². The molecule has 0 saturated carbocycles. The Kier molecular flexibility index (Phi) is 7.19. The van der Waals surface area contributed by atoms with Crippen molar-refractivity contribution in [3.63, 3.8) is 0 Å². The van der Waals surface area contributed by atoms with Crippen LogP contribution in [0.3, 0.4) is 0 Å². The van der Waals surface area contributed by atoms with Crippen molar-refractivity contribution in [1.82, 2.24) is 10.2 Å². The summed E-state index contributed by atoms with van der Waals surface area (Å²) in [6, 6.07) is 6.90. The third-order valence-electron chi connectivity index (χ3n) is 3.14. The molecule has 0 fully saturated rings. The molecule has 1 atom stereocenters. The fourth-order valence-electron chi connectivity index (χ4n) is 1.72. The Morgan fingerprint density at radius 2 is 2.05 bits per heavy atom. The van der Waals surface area contributed by atoms with E-state index in [0.717, 1.165) is 5.56 Å². The number of amides is 1. The Morgan fingerprint density at radius 3 is 2.67 bits per heavy atom. The summed E-state index contributed by atoms with van der Waals surface area (Å²) < 4.78 is 4.86. The number of nitrogens with one attached hydrogen (secondary N) is 1. The monoisotopic (exact) mass is 312 g/mol. The zero-order valence-corrected chi connectivity index (χ0v) is 13.3. The molecule has 1 amide bonds. The van der Waals surface area contributed by atoms with Gasteiger partial charge in [-0.25, -0.2) is 0 Å². The van der Waals surface area contributed by atoms with Crippen LogP contribution in [0.4, 0.5) is 0 Å². The zero-order chi connectivity index (χ0) is 15.8. The molecule has 21 heavy (non-hydrogen) atoms. The number of carbonyl (C=O) groups excluding carboxylic acids is 2. The first-order valence-corrected chi connectivity index (χ1v) is 7.20. The van der Waals surface area contributed by atoms with Crippen molar-refractivity contribution in [2.75, 3.05) is 20.2 Å². The van der Waals surface area contributed by atoms with E-state index in [4.69, 9.17) is 16.3 Å². The average Bonchev–Trinajstić information content (AvgIpc) is 2.45. The molecule has 5 nitrogen and oxygen atoms in total. The van der Waals surface area contributed by atoms with Crippen LogP contribution in [0.1, 0.15) is 19.4 Å². The molecule has 0 heterocycles. The fourth-order valence-corrected chi connectivity index (χ4v) is 1.92. The molecule has 0 spiro atoms. The number of ether oxygens (including phenoxy) is 1. The van der Waals surface area contributed by atoms with Gasteiger partial charge in [-0.05, 0) is 32.5 Å². The molecular formula is C15H21ClN2O3. The standard InChI is InChI=1S/C15H21ClN2O3/c1-4-21-14(19)10-18(3)11(2)15(20)17-9-12-7-5-6-8-13(12)16/h5-8,11H,4,9-10H2,1-3H3,(H,17,20). The Bertz CT molecular complexity index is 494. The van der Waals surface area contributed by atoms with Crippen LogP contribution >= 0.6 is 11.6 Å². The third-order valence-corrected chi connectivity index (χ3v) is 3.50. The number of hydrogen-bond acceptors (Lipinski definition) is 4. The van der Waals surface area contributed by atoms with Crippen LogP contribution in [-0.2, 0) is 20.9 Å². The first-order chi connectivity index (χ1) is 9.95. The van der Waals surface area contributed by atoms with E-state index in [2.05, 4.69) is 5.32 Å². The minimum atomic E-state index is -0.433. The Balaban J connectivity index is 2.47. The molecule has 0 aromatic heterocycles. The second-order valence-corrected chi connectivity index (χ2v) is 5.11. The van der Waals surface area contributed by atoms with Crippen molar-refractivity contribution in [3.8, 4) is 0 Å². The summed E-state index contributed by atoms with van der Waals surface area (Å²) in [7, 11) is 1.71. The molecule has 0 radical (unpaired) electrons. The van der Waals surface area contributed by atoms with Crippen LogP contribution < -0.4 is 5.32 Å². The smallest absolute Gasteiger partial charge is 0.320 e. The lowest BCUT2D eigenvalue weighted by Gasteiger charge is -2.22. The molecule has 0 bridgehead atoms. The van der Waals surface area contributed by atoms with Gasteiger partial charge in [-0.1, -0.05) is 29.8 Å². The maximum atomic E-state index is 12.1. The number of carbonyl (C=O) groups is 2. The predicted molar refractivity (Wildman–Crippen MR) is 82.0 cm³/mol. The van der Waals surface area contributed by atoms with E-state index in [0.29, 0.717) is 18.2 Å². The van der Waals surface area contributed by atoms with Gasteiger partial charge in [-0.15, -0.1) is 0 Å². The van der Waals surface area contributed by atoms with Crippen molar-refractivity contribution in [2.45, 2.75) is 26.4 Å². The van der Waals surface area contributed by atoms with E-state index in [1.165, 1.54) is 0 Å². The molecule has 1 rings (SSSR count). The molecule has 0 saturated heterocycles. The van der Waals surface area contributed by atoms with Gasteiger partial charge in [-0.2, -0.15) is 0 Å². The molecule has 1 unspecified atom stereocenters. The Labute approximate surface area is 130 Å². The maximum Gasteiger partial charge on any atom is 0.320 e. The second-order valence-electron chi connectivity index (χ2n) is 4.71. The maximum absolute atomic E-state index is 12.1. The van der Waals surface area contributed by atoms with Crippen molar-refractivity contribution in [1.29, 1.82) is 0 Å². The summed E-state index contributed by atoms with van der Waals surface area (Å²) in [4.78, 5) is 25.1. The van der Waals surface area contributed by atoms with Gasteiger partial charge in [0.15, 0.2) is 0 Å². The molecule has 0 aliphatic rings. The van der Waals surface area contributed by atoms with E-state index in [1.54, 1.807) is 31.9 Å². The lowest BCUT2D eigenvalue weighted by atomic mass is 10.2. The van der Waals surface area contributed by atoms with Crippen LogP contribution in [0.2, 0.25) is 5.02 Å². The summed E-state index contributed by atoms with van der Waals surface area (Å²) in [6.45, 7) is 4.25. The number of hydrogen-bond donors (Lipinski definition) is 1. The third kappa shape index (κ3) is 5.73. The average molecular weight is 313 g/mol. The van der Waals surface area contributed by atoms with Gasteiger partial charge in [0.25, 0.3) is 0 Å². The van der Waals surface area contributed by atoms with Crippen LogP contribution in [0, 0.1) is 0 Å². The van der Waals surface area contributed by atoms with Gasteiger partial charge in [0.2, 0.25) is 5.91 Å². The highest BCUT2D eigenvalue weighted by Gasteiger charge is 2.20. The summed E-state index contributed by atoms with van der Waals surface area (Å²) in [6.07, 6.45) is 0. The van der Waals surface area contributed by atoms with Crippen molar-refractivity contribution >= 4 is 23.5 Å². The highest BCUT2D eigenvalue weighted by molar-refractivity contribution is 6.31. The van der Waals surface area contributed by atoms with Gasteiger partial charge in [0, 0.05) is 11.6 Å². The summed E-state index contributed by atoms with van der Waals surface area (Å²) >= 11 is 6.03. The van der Waals surface area contributed by atoms with Crippen molar-refractivity contribution in [3.05, 3.63) is 34.9 Å². The van der Waals surface area contributed by atoms with E-state index in [1.807, 2.05) is 18.2 Å². The minimum Gasteiger partial charge on any atom is -0.465 e. The number of nitrogens with zero attached hydrogens (tertiary/aromatic N) is 1. The second kappa shape index (κ2) is 8.64. The Morgan fingerprint density at radius 1 is 1.38 bits per heavy atom. The van der Waals surface area contributed by atoms with Gasteiger partial charge >= 0.3 is 5.97 Å². The van der Waals surface area contributed by atoms with Gasteiger partial charge in [0.1, 0.15) is 0 Å². The summed E-state index contributed by atoms with van der Waals surface area (Å²) in [5, 5.41) is 3.42. The fraction of sp³-hybridized carbons (Fsp3) is 0.467. The van der Waals surface area contributed by atoms with E-state index < -0.39 is 6.04 Å². The molecular weight excluding hydrogens is 292 g/mol. The number of rotatable bonds is 7. The molecule has 1 N–H and O–H groups in total. The van der Waals surface area contributed by atoms with Crippen molar-refractivity contribution in [2.24, 2.45) is 0 Å². The SMILES string of the molecule is CCOC(=O)CN(C)C(C)C(=O)NCc1ccccc1Cl. The van der Waals surface area contributed by atoms with Gasteiger partial charge in [-0.3, -0.25) is 14.5 Å². The first kappa shape index (κ1) is 17.5. The summed E-state index contributed by atoms with van der Waals surface area (Å²) in [5.41, 5.74) is 0.854. The van der Waals surface area contributed by atoms with Crippen LogP contribution in [0.25, 0.3) is 0 Å². The largest absolute Gasteiger partial charge is 0.465 e. The lowest BCUT2D eigenvalue weighted by molar-refractivity contribution is -0.145. The van der Waals surface area contributed by atoms with E-state index >= 15 is 0 Å². The normalized spacial score (nSPS) is 12.0. The predicted octanol–water partition coefficient (Wildman–Crippen LogP) is 1.84. The molecule has 6 heteroatoms. The topological polar surface area (TPSA) is 58.6 Å². The first-order valence-electron chi connectivity index (χ1n) is 6.82. The number of benzene rings is 1. The van der Waals surface area contributed by atoms with Crippen LogP contribution in [0.15, 0.2) is 24.3 Å². The number of esters is 1. The van der Waals surface area contributed by atoms with Gasteiger partial charge < -0.3 is 10.1 Å². The van der Waals surface area contributed by atoms with E-state index in [-0.39, 0.29) is 18.4 Å². The Hall–Kier alpha value is -1.59. The van der Waals surface area contributed by atoms with Crippen LogP contribution in [-0.4, -0.2) is 43.0 Å². The molecule has 1 aromatic rings. The molecule has 0 aliphatic carbocycles. The van der Waals surface area contributed by atoms with Gasteiger partial charge in [0.05, 0.1) is 19.2 Å². The van der Waals surface area contributed by atoms with Crippen LogP contribution in [0.5, 0.6) is 0 Å².